The van der Waals surface area contributed by atoms with Gasteiger partial charge in [-0.25, -0.2) is 4.98 Å². The second kappa shape index (κ2) is 8.79. The lowest BCUT2D eigenvalue weighted by Crippen LogP contribution is -2.40. The highest BCUT2D eigenvalue weighted by atomic mass is 32.2. The molecule has 30 heavy (non-hydrogen) atoms. The van der Waals surface area contributed by atoms with Crippen molar-refractivity contribution in [3.8, 4) is 5.75 Å². The Kier molecular flexibility index (Phi) is 5.94. The highest BCUT2D eigenvalue weighted by Crippen LogP contribution is 2.26. The van der Waals surface area contributed by atoms with Gasteiger partial charge in [0, 0.05) is 37.2 Å². The van der Waals surface area contributed by atoms with Gasteiger partial charge in [-0.1, -0.05) is 23.9 Å². The van der Waals surface area contributed by atoms with Crippen LogP contribution in [-0.4, -0.2) is 45.7 Å². The summed E-state index contributed by atoms with van der Waals surface area (Å²) in [4.78, 5) is 10.0. The molecule has 1 aliphatic rings. The van der Waals surface area contributed by atoms with Crippen molar-refractivity contribution in [2.75, 3.05) is 13.1 Å². The molecular formula is C22H26N6OS. The molecule has 1 fully saturated rings. The number of benzene rings is 2. The van der Waals surface area contributed by atoms with Gasteiger partial charge in [-0.15, -0.1) is 0 Å². The number of nitrogens with two attached hydrogens (primary N) is 1. The molecular weight excluding hydrogens is 396 g/mol. The number of likely N-dealkylation sites (tertiary alicyclic amines) is 1. The summed E-state index contributed by atoms with van der Waals surface area (Å²) in [5.41, 5.74) is 9.18. The molecule has 0 radical (unpaired) electrons. The third-order valence-corrected chi connectivity index (χ3v) is 6.21. The Morgan fingerprint density at radius 3 is 2.77 bits per heavy atom. The van der Waals surface area contributed by atoms with Gasteiger partial charge in [0.15, 0.2) is 5.16 Å². The average molecular weight is 423 g/mol. The predicted octanol–water partition coefficient (Wildman–Crippen LogP) is 3.98. The number of thioether (sulfide) groups is 1. The molecule has 7 nitrogen and oxygen atoms in total. The van der Waals surface area contributed by atoms with Crippen LogP contribution in [0, 0.1) is 10.8 Å². The Hall–Kier alpha value is -3.00. The summed E-state index contributed by atoms with van der Waals surface area (Å²) < 4.78 is 6.20. The van der Waals surface area contributed by atoms with Gasteiger partial charge in [0.25, 0.3) is 0 Å². The van der Waals surface area contributed by atoms with Crippen molar-refractivity contribution < 1.29 is 4.74 Å². The molecule has 0 amide bonds. The molecule has 0 atom stereocenters. The molecule has 0 spiro atoms. The third-order valence-electron chi connectivity index (χ3n) is 5.26. The quantitative estimate of drug-likeness (QED) is 0.272. The molecule has 0 bridgehead atoms. The molecule has 3 aromatic rings. The fourth-order valence-corrected chi connectivity index (χ4v) is 4.41. The number of hydrogen-bond acceptors (Lipinski definition) is 5. The minimum absolute atomic E-state index is 0.0520. The number of piperidine rings is 1. The monoisotopic (exact) mass is 422 g/mol. The van der Waals surface area contributed by atoms with Crippen molar-refractivity contribution in [2.45, 2.75) is 36.8 Å². The number of imidazole rings is 1. The zero-order valence-corrected chi connectivity index (χ0v) is 17.8. The van der Waals surface area contributed by atoms with Crippen LogP contribution < -0.4 is 10.5 Å². The van der Waals surface area contributed by atoms with Gasteiger partial charge in [0.1, 0.15) is 17.7 Å². The highest BCUT2D eigenvalue weighted by molar-refractivity contribution is 7.98. The van der Waals surface area contributed by atoms with Crippen LogP contribution in [0.25, 0.3) is 11.0 Å². The number of ether oxygens (including phenoxy) is 1. The van der Waals surface area contributed by atoms with Crippen LogP contribution in [0.3, 0.4) is 0 Å². The van der Waals surface area contributed by atoms with E-state index in [1.165, 1.54) is 5.56 Å². The van der Waals surface area contributed by atoms with E-state index in [9.17, 15) is 0 Å². The van der Waals surface area contributed by atoms with Gasteiger partial charge in [-0.3, -0.25) is 10.8 Å². The second-order valence-corrected chi connectivity index (χ2v) is 8.48. The smallest absolute Gasteiger partial charge is 0.166 e. The maximum Gasteiger partial charge on any atom is 0.166 e. The van der Waals surface area contributed by atoms with Gasteiger partial charge < -0.3 is 20.4 Å². The number of rotatable bonds is 6. The SMILES string of the molecule is CC(=N)N1CCC(Oc2cccc(CSc3nc4ccc(C(=N)N)cc4[nH]3)c2)CC1. The first-order valence-electron chi connectivity index (χ1n) is 10.0. The average Bonchev–Trinajstić information content (AvgIpc) is 3.15. The molecule has 0 aliphatic carbocycles. The van der Waals surface area contributed by atoms with Gasteiger partial charge in [0.05, 0.1) is 16.9 Å². The number of H-pyrrole nitrogens is 1. The molecule has 2 aromatic carbocycles. The lowest BCUT2D eigenvalue weighted by molar-refractivity contribution is 0.130. The fourth-order valence-electron chi connectivity index (χ4n) is 3.58. The van der Waals surface area contributed by atoms with Crippen LogP contribution in [-0.2, 0) is 5.75 Å². The van der Waals surface area contributed by atoms with E-state index >= 15 is 0 Å². The summed E-state index contributed by atoms with van der Waals surface area (Å²) in [7, 11) is 0. The molecule has 1 aliphatic heterocycles. The molecule has 8 heteroatoms. The molecule has 5 N–H and O–H groups in total. The topological polar surface area (TPSA) is 115 Å². The van der Waals surface area contributed by atoms with E-state index in [4.69, 9.17) is 21.3 Å². The highest BCUT2D eigenvalue weighted by Gasteiger charge is 2.20. The van der Waals surface area contributed by atoms with Crippen molar-refractivity contribution in [3.05, 3.63) is 53.6 Å². The van der Waals surface area contributed by atoms with E-state index in [1.54, 1.807) is 11.8 Å². The maximum absolute atomic E-state index is 7.75. The molecule has 4 rings (SSSR count). The Morgan fingerprint density at radius 2 is 2.03 bits per heavy atom. The minimum atomic E-state index is 0.0520. The Labute approximate surface area is 180 Å². The van der Waals surface area contributed by atoms with E-state index in [1.807, 2.05) is 37.3 Å². The standard InChI is InChI=1S/C22H26N6OS/c1-14(23)28-9-7-17(8-10-28)29-18-4-2-3-15(11-18)13-30-22-26-19-6-5-16(21(24)25)12-20(19)27-22/h2-6,11-12,17,23H,7-10,13H2,1H3,(H3,24,25)(H,26,27). The summed E-state index contributed by atoms with van der Waals surface area (Å²) in [6.07, 6.45) is 2.08. The predicted molar refractivity (Wildman–Crippen MR) is 122 cm³/mol. The number of aromatic nitrogens is 2. The number of hydrogen-bond donors (Lipinski definition) is 4. The van der Waals surface area contributed by atoms with Crippen molar-refractivity contribution in [3.63, 3.8) is 0 Å². The van der Waals surface area contributed by atoms with Crippen LogP contribution >= 0.6 is 11.8 Å². The number of amidine groups is 2. The Balaban J connectivity index is 1.36. The van der Waals surface area contributed by atoms with Crippen LogP contribution in [0.15, 0.2) is 47.6 Å². The summed E-state index contributed by atoms with van der Waals surface area (Å²) in [5, 5.41) is 16.2. The van der Waals surface area contributed by atoms with Crippen LogP contribution in [0.2, 0.25) is 0 Å². The van der Waals surface area contributed by atoms with Gasteiger partial charge in [-0.2, -0.15) is 0 Å². The van der Waals surface area contributed by atoms with E-state index in [2.05, 4.69) is 27.0 Å². The first-order valence-corrected chi connectivity index (χ1v) is 11.0. The van der Waals surface area contributed by atoms with Crippen molar-refractivity contribution in [1.29, 1.82) is 10.8 Å². The van der Waals surface area contributed by atoms with Crippen LogP contribution in [0.4, 0.5) is 0 Å². The van der Waals surface area contributed by atoms with Crippen molar-refractivity contribution in [1.82, 2.24) is 14.9 Å². The van der Waals surface area contributed by atoms with Gasteiger partial charge >= 0.3 is 0 Å². The normalized spacial score (nSPS) is 14.8. The molecule has 0 saturated carbocycles. The number of fused-ring (bicyclic) bond motifs is 1. The van der Waals surface area contributed by atoms with Gasteiger partial charge in [-0.05, 0) is 42.8 Å². The number of nitrogen functional groups attached to an aromatic ring is 1. The third kappa shape index (κ3) is 4.76. The van der Waals surface area contributed by atoms with Crippen LogP contribution in [0.1, 0.15) is 30.9 Å². The molecule has 1 saturated heterocycles. The first kappa shape index (κ1) is 20.3. The summed E-state index contributed by atoms with van der Waals surface area (Å²) >= 11 is 1.63. The minimum Gasteiger partial charge on any atom is -0.490 e. The van der Waals surface area contributed by atoms with E-state index < -0.39 is 0 Å². The lowest BCUT2D eigenvalue weighted by atomic mass is 10.1. The van der Waals surface area contributed by atoms with Crippen LogP contribution in [0.5, 0.6) is 5.75 Å². The molecule has 0 unspecified atom stereocenters. The Morgan fingerprint density at radius 1 is 1.23 bits per heavy atom. The Bertz CT molecular complexity index is 1070. The van der Waals surface area contributed by atoms with E-state index in [-0.39, 0.29) is 11.9 Å². The lowest BCUT2D eigenvalue weighted by Gasteiger charge is -2.32. The molecule has 1 aromatic heterocycles. The second-order valence-electron chi connectivity index (χ2n) is 7.51. The van der Waals surface area contributed by atoms with E-state index in [0.717, 1.165) is 53.6 Å². The largest absolute Gasteiger partial charge is 0.490 e. The summed E-state index contributed by atoms with van der Waals surface area (Å²) in [6, 6.07) is 13.8. The fraction of sp³-hybridized carbons (Fsp3) is 0.318. The van der Waals surface area contributed by atoms with Crippen molar-refractivity contribution in [2.24, 2.45) is 5.73 Å². The molecule has 156 valence electrons. The van der Waals surface area contributed by atoms with Gasteiger partial charge in [0.2, 0.25) is 0 Å². The summed E-state index contributed by atoms with van der Waals surface area (Å²) in [5.74, 6) is 2.36. The van der Waals surface area contributed by atoms with Crippen molar-refractivity contribution >= 4 is 34.5 Å². The first-order chi connectivity index (χ1) is 14.5. The molecule has 2 heterocycles. The number of aromatic amines is 1. The number of nitrogens with one attached hydrogen (secondary N) is 3. The zero-order chi connectivity index (χ0) is 21.1. The summed E-state index contributed by atoms with van der Waals surface area (Å²) in [6.45, 7) is 3.60. The van der Waals surface area contributed by atoms with E-state index in [0.29, 0.717) is 11.4 Å². The zero-order valence-electron chi connectivity index (χ0n) is 16.9. The number of nitrogens with zero attached hydrogens (tertiary/aromatic N) is 2. The maximum atomic E-state index is 7.75.